The van der Waals surface area contributed by atoms with Crippen molar-refractivity contribution >= 4 is 0 Å². The van der Waals surface area contributed by atoms with Crippen LogP contribution in [0.25, 0.3) is 0 Å². The number of methoxy groups -OCH3 is 1. The van der Waals surface area contributed by atoms with Crippen LogP contribution in [0.3, 0.4) is 0 Å². The molecule has 1 aliphatic rings. The summed E-state index contributed by atoms with van der Waals surface area (Å²) in [6.07, 6.45) is 3.66. The van der Waals surface area contributed by atoms with Gasteiger partial charge in [-0.25, -0.2) is 14.2 Å². The molecule has 23 heavy (non-hydrogen) atoms. The van der Waals surface area contributed by atoms with Crippen molar-refractivity contribution in [3.05, 3.63) is 71.4 Å². The molecule has 0 bridgehead atoms. The smallest absolute Gasteiger partial charge is 0.162 e. The molecule has 0 aromatic heterocycles. The molecule has 0 amide bonds. The summed E-state index contributed by atoms with van der Waals surface area (Å²) in [7, 11) is 1.46. The van der Waals surface area contributed by atoms with E-state index in [9.17, 15) is 13.9 Å². The summed E-state index contributed by atoms with van der Waals surface area (Å²) >= 11 is 0. The first-order valence-electron chi connectivity index (χ1n) is 7.06. The van der Waals surface area contributed by atoms with Gasteiger partial charge in [0.15, 0.2) is 23.1 Å². The molecule has 4 nitrogen and oxygen atoms in total. The van der Waals surface area contributed by atoms with Crippen molar-refractivity contribution in [2.45, 2.75) is 12.0 Å². The summed E-state index contributed by atoms with van der Waals surface area (Å²) in [4.78, 5) is 0. The zero-order valence-corrected chi connectivity index (χ0v) is 12.4. The number of halogens is 2. The lowest BCUT2D eigenvalue weighted by Gasteiger charge is -2.29. The number of aromatic hydroxyl groups is 1. The quantitative estimate of drug-likeness (QED) is 0.811. The van der Waals surface area contributed by atoms with Gasteiger partial charge in [0.1, 0.15) is 0 Å². The van der Waals surface area contributed by atoms with Gasteiger partial charge in [0, 0.05) is 12.6 Å². The molecule has 0 aliphatic carbocycles. The molecular weight excluding hydrogens is 302 g/mol. The van der Waals surface area contributed by atoms with Gasteiger partial charge in [-0.3, -0.25) is 0 Å². The van der Waals surface area contributed by atoms with Crippen LogP contribution in [0.2, 0.25) is 0 Å². The lowest BCUT2D eigenvalue weighted by Crippen LogP contribution is -2.43. The fraction of sp³-hybridized carbons (Fsp3) is 0.176. The second-order valence-corrected chi connectivity index (χ2v) is 5.35. The first-order chi connectivity index (χ1) is 11.1. The van der Waals surface area contributed by atoms with Gasteiger partial charge in [0.25, 0.3) is 0 Å². The maximum atomic E-state index is 14.0. The van der Waals surface area contributed by atoms with Crippen LogP contribution >= 0.6 is 0 Å². The molecule has 120 valence electrons. The minimum Gasteiger partial charge on any atom is -0.504 e. The van der Waals surface area contributed by atoms with Gasteiger partial charge < -0.3 is 15.3 Å². The van der Waals surface area contributed by atoms with Crippen molar-refractivity contribution in [3.63, 3.8) is 0 Å². The summed E-state index contributed by atoms with van der Waals surface area (Å²) in [5, 5.41) is 10.00. The molecule has 2 aromatic carbocycles. The summed E-state index contributed by atoms with van der Waals surface area (Å²) in [5.74, 6) is -1.43. The molecule has 1 unspecified atom stereocenters. The van der Waals surface area contributed by atoms with Gasteiger partial charge in [-0.2, -0.15) is 0 Å². The lowest BCUT2D eigenvalue weighted by atomic mass is 9.84. The van der Waals surface area contributed by atoms with E-state index in [2.05, 4.69) is 10.9 Å². The Morgan fingerprint density at radius 3 is 2.70 bits per heavy atom. The van der Waals surface area contributed by atoms with E-state index in [4.69, 9.17) is 4.74 Å². The van der Waals surface area contributed by atoms with Crippen molar-refractivity contribution < 1.29 is 18.6 Å². The monoisotopic (exact) mass is 318 g/mol. The number of hydrogen-bond donors (Lipinski definition) is 3. The lowest BCUT2D eigenvalue weighted by molar-refractivity contribution is 0.367. The molecule has 1 aliphatic heterocycles. The van der Waals surface area contributed by atoms with Gasteiger partial charge in [0.2, 0.25) is 0 Å². The first-order valence-corrected chi connectivity index (χ1v) is 7.06. The fourth-order valence-corrected chi connectivity index (χ4v) is 2.72. The van der Waals surface area contributed by atoms with Crippen LogP contribution in [-0.4, -0.2) is 12.2 Å². The Bertz CT molecular complexity index is 764. The number of hydrazine groups is 1. The van der Waals surface area contributed by atoms with Gasteiger partial charge >= 0.3 is 0 Å². The van der Waals surface area contributed by atoms with Crippen LogP contribution in [-0.2, 0) is 12.0 Å². The van der Waals surface area contributed by atoms with Gasteiger partial charge in [0.05, 0.1) is 12.6 Å². The Morgan fingerprint density at radius 1 is 1.22 bits per heavy atom. The zero-order valence-electron chi connectivity index (χ0n) is 12.4. The largest absolute Gasteiger partial charge is 0.504 e. The third-order valence-corrected chi connectivity index (χ3v) is 3.94. The summed E-state index contributed by atoms with van der Waals surface area (Å²) in [6.45, 7) is 0. The molecule has 6 heteroatoms. The molecule has 1 heterocycles. The molecule has 3 rings (SSSR count). The van der Waals surface area contributed by atoms with Crippen LogP contribution in [0.15, 0.2) is 48.7 Å². The van der Waals surface area contributed by atoms with Gasteiger partial charge in [-0.1, -0.05) is 18.2 Å². The summed E-state index contributed by atoms with van der Waals surface area (Å²) in [6, 6.07) is 9.03. The standard InChI is InChI=1S/C17H16F2N2O2/c1-23-15-6-5-12(9-14(15)22)17(7-8-20-21-17)10-11-3-2-4-13(18)16(11)19/h2-9,20-22H,10H2,1H3. The Morgan fingerprint density at radius 2 is 2.04 bits per heavy atom. The molecular formula is C17H16F2N2O2. The second-order valence-electron chi connectivity index (χ2n) is 5.35. The molecule has 1 atom stereocenters. The molecule has 3 N–H and O–H groups in total. The summed E-state index contributed by atoms with van der Waals surface area (Å²) < 4.78 is 32.5. The van der Waals surface area contributed by atoms with Crippen molar-refractivity contribution in [3.8, 4) is 11.5 Å². The molecule has 0 fully saturated rings. The minimum atomic E-state index is -0.884. The number of rotatable bonds is 4. The van der Waals surface area contributed by atoms with E-state index in [1.807, 2.05) is 0 Å². The molecule has 0 radical (unpaired) electrons. The SMILES string of the molecule is COc1ccc(C2(Cc3cccc(F)c3F)C=CNN2)cc1O. The maximum Gasteiger partial charge on any atom is 0.162 e. The Balaban J connectivity index is 2.02. The van der Waals surface area contributed by atoms with Crippen molar-refractivity contribution in [2.75, 3.05) is 7.11 Å². The average molecular weight is 318 g/mol. The topological polar surface area (TPSA) is 53.5 Å². The van der Waals surface area contributed by atoms with Gasteiger partial charge in [-0.15, -0.1) is 0 Å². The van der Waals surface area contributed by atoms with E-state index in [1.165, 1.54) is 19.2 Å². The highest BCUT2D eigenvalue weighted by Crippen LogP contribution is 2.35. The number of hydrogen-bond acceptors (Lipinski definition) is 4. The Hall–Kier alpha value is -2.60. The van der Waals surface area contributed by atoms with E-state index < -0.39 is 17.2 Å². The van der Waals surface area contributed by atoms with Crippen LogP contribution in [0, 0.1) is 11.6 Å². The predicted octanol–water partition coefficient (Wildman–Crippen LogP) is 2.74. The van der Waals surface area contributed by atoms with Crippen molar-refractivity contribution in [1.82, 2.24) is 10.9 Å². The van der Waals surface area contributed by atoms with Crippen molar-refractivity contribution in [1.29, 1.82) is 0 Å². The van der Waals surface area contributed by atoms with Gasteiger partial charge in [-0.05, 0) is 35.4 Å². The number of phenolic OH excluding ortho intramolecular Hbond substituents is 1. The van der Waals surface area contributed by atoms with Crippen LogP contribution in [0.4, 0.5) is 8.78 Å². The van der Waals surface area contributed by atoms with E-state index in [0.29, 0.717) is 11.3 Å². The third kappa shape index (κ3) is 2.73. The van der Waals surface area contributed by atoms with E-state index >= 15 is 0 Å². The van der Waals surface area contributed by atoms with Crippen LogP contribution in [0.1, 0.15) is 11.1 Å². The number of ether oxygens (including phenoxy) is 1. The second kappa shape index (κ2) is 5.89. The summed E-state index contributed by atoms with van der Waals surface area (Å²) in [5.41, 5.74) is 6.02. The first kappa shape index (κ1) is 15.3. The number of benzene rings is 2. The highest BCUT2D eigenvalue weighted by molar-refractivity contribution is 5.46. The number of nitrogens with one attached hydrogen (secondary N) is 2. The highest BCUT2D eigenvalue weighted by atomic mass is 19.2. The van der Waals surface area contributed by atoms with E-state index in [-0.39, 0.29) is 17.7 Å². The predicted molar refractivity (Wildman–Crippen MR) is 81.8 cm³/mol. The Kier molecular flexibility index (Phi) is 3.92. The highest BCUT2D eigenvalue weighted by Gasteiger charge is 2.34. The zero-order chi connectivity index (χ0) is 16.4. The fourth-order valence-electron chi connectivity index (χ4n) is 2.72. The number of phenols is 1. The van der Waals surface area contributed by atoms with Crippen molar-refractivity contribution in [2.24, 2.45) is 0 Å². The third-order valence-electron chi connectivity index (χ3n) is 3.94. The molecule has 2 aromatic rings. The molecule has 0 saturated carbocycles. The molecule has 0 saturated heterocycles. The maximum absolute atomic E-state index is 14.0. The average Bonchev–Trinajstić information content (AvgIpc) is 3.01. The molecule has 0 spiro atoms. The Labute approximate surface area is 132 Å². The van der Waals surface area contributed by atoms with Crippen LogP contribution < -0.4 is 15.6 Å². The normalized spacial score (nSPS) is 19.6. The van der Waals surface area contributed by atoms with E-state index in [1.54, 1.807) is 30.5 Å². The minimum absolute atomic E-state index is 0.0220. The van der Waals surface area contributed by atoms with E-state index in [0.717, 1.165) is 6.07 Å². The van der Waals surface area contributed by atoms with Crippen LogP contribution in [0.5, 0.6) is 11.5 Å².